The predicted octanol–water partition coefficient (Wildman–Crippen LogP) is 2.87. The zero-order valence-corrected chi connectivity index (χ0v) is 12.4. The van der Waals surface area contributed by atoms with Crippen LogP contribution < -0.4 is 5.32 Å². The van der Waals surface area contributed by atoms with Crippen molar-refractivity contribution in [3.8, 4) is 0 Å². The normalized spacial score (nSPS) is 34.6. The van der Waals surface area contributed by atoms with E-state index in [1.165, 1.54) is 25.7 Å². The first-order chi connectivity index (χ1) is 8.47. The van der Waals surface area contributed by atoms with Gasteiger partial charge in [0.15, 0.2) is 6.29 Å². The molecule has 2 heterocycles. The van der Waals surface area contributed by atoms with E-state index in [1.807, 2.05) is 0 Å². The topological polar surface area (TPSA) is 27.6 Å². The Morgan fingerprint density at radius 3 is 2.22 bits per heavy atom. The molecule has 2 fully saturated rings. The van der Waals surface area contributed by atoms with Gasteiger partial charge < -0.3 is 0 Å². The molecule has 0 aliphatic carbocycles. The van der Waals surface area contributed by atoms with E-state index in [4.69, 9.17) is 0 Å². The third kappa shape index (κ3) is 2.62. The SMILES string of the molecule is C=NC(NCC)N1C2CCC1CC(C(C)(C)C)C2. The molecule has 2 aliphatic heterocycles. The maximum absolute atomic E-state index is 4.29. The zero-order valence-electron chi connectivity index (χ0n) is 12.4. The summed E-state index contributed by atoms with van der Waals surface area (Å²) in [5.74, 6) is 0.860. The maximum Gasteiger partial charge on any atom is 0.155 e. The highest BCUT2D eigenvalue weighted by molar-refractivity contribution is 5.24. The van der Waals surface area contributed by atoms with E-state index in [9.17, 15) is 0 Å². The lowest BCUT2D eigenvalue weighted by Crippen LogP contribution is -2.54. The summed E-state index contributed by atoms with van der Waals surface area (Å²) in [6.07, 6.45) is 5.48. The fraction of sp³-hybridized carbons (Fsp3) is 0.933. The maximum atomic E-state index is 4.29. The van der Waals surface area contributed by atoms with Crippen LogP contribution in [0.25, 0.3) is 0 Å². The number of hydrogen-bond donors (Lipinski definition) is 1. The Hall–Kier alpha value is -0.410. The summed E-state index contributed by atoms with van der Waals surface area (Å²) in [6.45, 7) is 14.0. The van der Waals surface area contributed by atoms with E-state index in [-0.39, 0.29) is 6.29 Å². The van der Waals surface area contributed by atoms with Gasteiger partial charge in [-0.1, -0.05) is 27.7 Å². The Morgan fingerprint density at radius 1 is 1.28 bits per heavy atom. The number of nitrogens with one attached hydrogen (secondary N) is 1. The first kappa shape index (κ1) is 14.0. The molecule has 0 radical (unpaired) electrons. The highest BCUT2D eigenvalue weighted by atomic mass is 15.4. The molecular formula is C15H29N3. The zero-order chi connectivity index (χ0) is 13.3. The van der Waals surface area contributed by atoms with Crippen molar-refractivity contribution < 1.29 is 0 Å². The van der Waals surface area contributed by atoms with Crippen LogP contribution in [0.1, 0.15) is 53.4 Å². The molecule has 3 unspecified atom stereocenters. The Bertz CT molecular complexity index is 281. The smallest absolute Gasteiger partial charge is 0.155 e. The van der Waals surface area contributed by atoms with Gasteiger partial charge in [-0.3, -0.25) is 15.2 Å². The highest BCUT2D eigenvalue weighted by Gasteiger charge is 2.46. The van der Waals surface area contributed by atoms with Crippen molar-refractivity contribution in [2.24, 2.45) is 16.3 Å². The standard InChI is InChI=1S/C15H29N3/c1-6-17-14(16-5)18-12-7-8-13(18)10-11(9-12)15(2,3)4/h11-14,17H,5-10H2,1-4H3. The van der Waals surface area contributed by atoms with Crippen LogP contribution in [0.5, 0.6) is 0 Å². The molecule has 2 bridgehead atoms. The largest absolute Gasteiger partial charge is 0.284 e. The summed E-state index contributed by atoms with van der Waals surface area (Å²) in [7, 11) is 0. The lowest BCUT2D eigenvalue weighted by molar-refractivity contribution is 0.0168. The van der Waals surface area contributed by atoms with Gasteiger partial charge in [-0.05, 0) is 50.3 Å². The van der Waals surface area contributed by atoms with Crippen molar-refractivity contribution in [1.29, 1.82) is 0 Å². The van der Waals surface area contributed by atoms with Gasteiger partial charge in [0.25, 0.3) is 0 Å². The number of nitrogens with zero attached hydrogens (tertiary/aromatic N) is 2. The monoisotopic (exact) mass is 251 g/mol. The number of rotatable bonds is 4. The molecule has 0 aromatic carbocycles. The molecule has 2 saturated heterocycles. The fourth-order valence-corrected chi connectivity index (χ4v) is 3.77. The van der Waals surface area contributed by atoms with E-state index < -0.39 is 0 Å². The second-order valence-electron chi connectivity index (χ2n) is 6.98. The van der Waals surface area contributed by atoms with Crippen molar-refractivity contribution in [3.05, 3.63) is 0 Å². The van der Waals surface area contributed by atoms with Crippen molar-refractivity contribution in [3.63, 3.8) is 0 Å². The molecule has 0 amide bonds. The summed E-state index contributed by atoms with van der Waals surface area (Å²) < 4.78 is 0. The third-order valence-corrected chi connectivity index (χ3v) is 4.86. The molecule has 0 saturated carbocycles. The van der Waals surface area contributed by atoms with Crippen molar-refractivity contribution in [2.75, 3.05) is 6.54 Å². The van der Waals surface area contributed by atoms with E-state index in [0.717, 1.165) is 12.5 Å². The van der Waals surface area contributed by atoms with Gasteiger partial charge in [0.05, 0.1) is 0 Å². The summed E-state index contributed by atoms with van der Waals surface area (Å²) in [5, 5.41) is 3.45. The van der Waals surface area contributed by atoms with Gasteiger partial charge in [-0.2, -0.15) is 0 Å². The second-order valence-corrected chi connectivity index (χ2v) is 6.98. The Balaban J connectivity index is 2.08. The number of piperidine rings is 1. The molecule has 0 aromatic rings. The van der Waals surface area contributed by atoms with Gasteiger partial charge in [-0.25, -0.2) is 0 Å². The molecule has 3 nitrogen and oxygen atoms in total. The molecule has 0 spiro atoms. The highest BCUT2D eigenvalue weighted by Crippen LogP contribution is 2.45. The van der Waals surface area contributed by atoms with Crippen LogP contribution >= 0.6 is 0 Å². The minimum Gasteiger partial charge on any atom is -0.284 e. The second kappa shape index (κ2) is 5.30. The van der Waals surface area contributed by atoms with E-state index in [2.05, 4.69) is 49.6 Å². The first-order valence-corrected chi connectivity index (χ1v) is 7.44. The van der Waals surface area contributed by atoms with Crippen LogP contribution in [0.15, 0.2) is 4.99 Å². The summed E-state index contributed by atoms with van der Waals surface area (Å²) in [4.78, 5) is 6.89. The lowest BCUT2D eigenvalue weighted by Gasteiger charge is -2.46. The van der Waals surface area contributed by atoms with Gasteiger partial charge in [0.2, 0.25) is 0 Å². The van der Waals surface area contributed by atoms with E-state index >= 15 is 0 Å². The van der Waals surface area contributed by atoms with E-state index in [0.29, 0.717) is 17.5 Å². The van der Waals surface area contributed by atoms with Crippen LogP contribution in [0.3, 0.4) is 0 Å². The average molecular weight is 251 g/mol. The molecule has 18 heavy (non-hydrogen) atoms. The van der Waals surface area contributed by atoms with Gasteiger partial charge in [-0.15, -0.1) is 0 Å². The minimum atomic E-state index is 0.133. The predicted molar refractivity (Wildman–Crippen MR) is 77.8 cm³/mol. The lowest BCUT2D eigenvalue weighted by atomic mass is 9.73. The molecule has 1 N–H and O–H groups in total. The first-order valence-electron chi connectivity index (χ1n) is 7.44. The van der Waals surface area contributed by atoms with E-state index in [1.54, 1.807) is 0 Å². The van der Waals surface area contributed by atoms with Crippen LogP contribution in [-0.4, -0.2) is 36.5 Å². The molecule has 3 heteroatoms. The molecule has 3 atom stereocenters. The van der Waals surface area contributed by atoms with Crippen LogP contribution in [0.2, 0.25) is 0 Å². The molecule has 2 aliphatic rings. The van der Waals surface area contributed by atoms with Crippen molar-refractivity contribution >= 4 is 6.72 Å². The number of fused-ring (bicyclic) bond motifs is 2. The van der Waals surface area contributed by atoms with Crippen LogP contribution in [0.4, 0.5) is 0 Å². The Kier molecular flexibility index (Phi) is 4.12. The molecule has 104 valence electrons. The molecule has 2 rings (SSSR count). The number of hydrogen-bond acceptors (Lipinski definition) is 3. The van der Waals surface area contributed by atoms with Gasteiger partial charge >= 0.3 is 0 Å². The third-order valence-electron chi connectivity index (χ3n) is 4.86. The molecular weight excluding hydrogens is 222 g/mol. The van der Waals surface area contributed by atoms with Crippen molar-refractivity contribution in [1.82, 2.24) is 10.2 Å². The van der Waals surface area contributed by atoms with Crippen LogP contribution in [0, 0.1) is 11.3 Å². The summed E-state index contributed by atoms with van der Waals surface area (Å²) in [5.41, 5.74) is 0.447. The minimum absolute atomic E-state index is 0.133. The Morgan fingerprint density at radius 2 is 1.83 bits per heavy atom. The van der Waals surface area contributed by atoms with Gasteiger partial charge in [0, 0.05) is 12.1 Å². The fourth-order valence-electron chi connectivity index (χ4n) is 3.77. The Labute approximate surface area is 112 Å². The average Bonchev–Trinajstić information content (AvgIpc) is 2.56. The van der Waals surface area contributed by atoms with Crippen molar-refractivity contribution in [2.45, 2.75) is 71.8 Å². The summed E-state index contributed by atoms with van der Waals surface area (Å²) >= 11 is 0. The number of aliphatic imine (C=N–C) groups is 1. The quantitative estimate of drug-likeness (QED) is 0.778. The molecule has 0 aromatic heterocycles. The van der Waals surface area contributed by atoms with Crippen LogP contribution in [-0.2, 0) is 0 Å². The van der Waals surface area contributed by atoms with Gasteiger partial charge in [0.1, 0.15) is 0 Å². The summed E-state index contributed by atoms with van der Waals surface area (Å²) in [6, 6.07) is 1.42.